The van der Waals surface area contributed by atoms with Crippen LogP contribution in [0.2, 0.25) is 0 Å². The van der Waals surface area contributed by atoms with Gasteiger partial charge in [-0.1, -0.05) is 0 Å². The molecular weight excluding hydrogens is 490 g/mol. The number of hydrogen-bond acceptors (Lipinski definition) is 0. The van der Waals surface area contributed by atoms with Crippen LogP contribution in [0.4, 0.5) is 0 Å². The molecule has 0 fully saturated rings. The summed E-state index contributed by atoms with van der Waals surface area (Å²) in [4.78, 5) is 0. The van der Waals surface area contributed by atoms with E-state index < -0.39 is 4.01 Å². The van der Waals surface area contributed by atoms with Crippen LogP contribution < -0.4 is 15.9 Å². The van der Waals surface area contributed by atoms with Crippen molar-refractivity contribution in [3.63, 3.8) is 0 Å². The standard InChI is InChI=1S/C18H15Br2P.CH2Cl2/c19-21(20,16-10-4-1-5-11-16,17-12-6-2-7-13-17)18-14-8-3-9-15-18;2-1-3/h1-15H;1H2. The second-order valence-corrected chi connectivity index (χ2v) is 20.6. The Hall–Kier alpha value is -0.370. The van der Waals surface area contributed by atoms with Gasteiger partial charge >= 0.3 is 142 Å². The molecule has 0 heterocycles. The van der Waals surface area contributed by atoms with E-state index in [9.17, 15) is 0 Å². The van der Waals surface area contributed by atoms with Gasteiger partial charge in [-0.05, 0) is 0 Å². The molecule has 3 aromatic rings. The van der Waals surface area contributed by atoms with Gasteiger partial charge in [0.15, 0.2) is 0 Å². The summed E-state index contributed by atoms with van der Waals surface area (Å²) in [6.45, 7) is 0. The summed E-state index contributed by atoms with van der Waals surface area (Å²) in [5.41, 5.74) is 0. The van der Waals surface area contributed by atoms with Crippen molar-refractivity contribution >= 4 is 74.1 Å². The van der Waals surface area contributed by atoms with Gasteiger partial charge in [0.25, 0.3) is 0 Å². The topological polar surface area (TPSA) is 0 Å². The summed E-state index contributed by atoms with van der Waals surface area (Å²) in [7, 11) is 0. The molecule has 0 nitrogen and oxygen atoms in total. The second kappa shape index (κ2) is 8.83. The number of alkyl halides is 2. The van der Waals surface area contributed by atoms with E-state index in [2.05, 4.69) is 122 Å². The number of benzene rings is 3. The first-order valence-corrected chi connectivity index (χ1v) is 14.6. The first-order chi connectivity index (χ1) is 11.5. The number of rotatable bonds is 3. The van der Waals surface area contributed by atoms with E-state index in [1.165, 1.54) is 15.9 Å². The molecule has 0 spiro atoms. The van der Waals surface area contributed by atoms with Crippen molar-refractivity contribution in [3.8, 4) is 0 Å². The smallest absolute Gasteiger partial charge is 0.0967 e. The third kappa shape index (κ3) is 4.06. The fourth-order valence-corrected chi connectivity index (χ4v) is 9.75. The van der Waals surface area contributed by atoms with Gasteiger partial charge in [0.1, 0.15) is 0 Å². The molecule has 0 aromatic heterocycles. The van der Waals surface area contributed by atoms with Gasteiger partial charge in [0.05, 0.1) is 5.34 Å². The van der Waals surface area contributed by atoms with Gasteiger partial charge in [-0.3, -0.25) is 0 Å². The molecule has 0 N–H and O–H groups in total. The van der Waals surface area contributed by atoms with Crippen LogP contribution in [0.15, 0.2) is 91.0 Å². The molecule has 0 aliphatic carbocycles. The monoisotopic (exact) mass is 504 g/mol. The van der Waals surface area contributed by atoms with E-state index in [1.807, 2.05) is 0 Å². The summed E-state index contributed by atoms with van der Waals surface area (Å²) >= 11 is 17.9. The fourth-order valence-electron chi connectivity index (χ4n) is 2.52. The largest absolute Gasteiger partial charge is 0.109 e. The Morgan fingerprint density at radius 2 is 0.750 bits per heavy atom. The van der Waals surface area contributed by atoms with E-state index in [4.69, 9.17) is 23.2 Å². The van der Waals surface area contributed by atoms with Crippen LogP contribution in [0, 0.1) is 0 Å². The van der Waals surface area contributed by atoms with E-state index in [-0.39, 0.29) is 5.34 Å². The molecule has 0 aliphatic heterocycles. The van der Waals surface area contributed by atoms with Crippen LogP contribution in [0.25, 0.3) is 0 Å². The Labute approximate surface area is 169 Å². The summed E-state index contributed by atoms with van der Waals surface area (Å²) in [6, 6.07) is 31.8. The van der Waals surface area contributed by atoms with Crippen LogP contribution >= 0.6 is 58.2 Å². The maximum absolute atomic E-state index is 4.76. The number of halogens is 4. The Bertz CT molecular complexity index is 647. The maximum atomic E-state index is 4.76. The van der Waals surface area contributed by atoms with E-state index >= 15 is 0 Å². The molecule has 3 aromatic carbocycles. The molecule has 0 aliphatic rings. The molecule has 3 rings (SSSR count). The van der Waals surface area contributed by atoms with E-state index in [0.29, 0.717) is 0 Å². The summed E-state index contributed by atoms with van der Waals surface area (Å²) < 4.78 is -2.75. The average Bonchev–Trinajstić information content (AvgIpc) is 2.65. The zero-order valence-corrected chi connectivity index (χ0v) is 18.4. The fraction of sp³-hybridized carbons (Fsp3) is 0.0526. The van der Waals surface area contributed by atoms with Gasteiger partial charge in [0.2, 0.25) is 0 Å². The van der Waals surface area contributed by atoms with Gasteiger partial charge in [-0.15, -0.1) is 23.2 Å². The first-order valence-electron chi connectivity index (χ1n) is 7.28. The third-order valence-corrected chi connectivity index (χ3v) is 14.6. The minimum Gasteiger partial charge on any atom is -0.109 e. The van der Waals surface area contributed by atoms with Crippen molar-refractivity contribution in [1.29, 1.82) is 0 Å². The molecule has 0 unspecified atom stereocenters. The zero-order chi connectivity index (χ0) is 17.5. The van der Waals surface area contributed by atoms with Crippen LogP contribution in [0.3, 0.4) is 0 Å². The van der Waals surface area contributed by atoms with Crippen molar-refractivity contribution in [1.82, 2.24) is 0 Å². The predicted molar refractivity (Wildman–Crippen MR) is 120 cm³/mol. The van der Waals surface area contributed by atoms with E-state index in [1.54, 1.807) is 0 Å². The maximum Gasteiger partial charge on any atom is 0.0967 e. The molecule has 126 valence electrons. The summed E-state index contributed by atoms with van der Waals surface area (Å²) in [6.07, 6.45) is 0. The average molecular weight is 507 g/mol. The first kappa shape index (κ1) is 19.9. The van der Waals surface area contributed by atoms with Gasteiger partial charge in [-0.2, -0.15) is 0 Å². The van der Waals surface area contributed by atoms with Crippen LogP contribution in [0.1, 0.15) is 0 Å². The molecule has 0 bridgehead atoms. The van der Waals surface area contributed by atoms with Gasteiger partial charge in [-0.25, -0.2) is 0 Å². The summed E-state index contributed by atoms with van der Waals surface area (Å²) in [5.74, 6) is 0. The minimum absolute atomic E-state index is 0.194. The zero-order valence-electron chi connectivity index (χ0n) is 12.8. The molecule has 0 radical (unpaired) electrons. The van der Waals surface area contributed by atoms with Crippen LogP contribution in [-0.4, -0.2) is 5.34 Å². The van der Waals surface area contributed by atoms with Crippen molar-refractivity contribution in [2.75, 3.05) is 5.34 Å². The Kier molecular flexibility index (Phi) is 7.34. The predicted octanol–water partition coefficient (Wildman–Crippen LogP) is 6.56. The van der Waals surface area contributed by atoms with E-state index in [0.717, 1.165) is 0 Å². The van der Waals surface area contributed by atoms with Crippen molar-refractivity contribution in [2.24, 2.45) is 0 Å². The molecule has 24 heavy (non-hydrogen) atoms. The Morgan fingerprint density at radius 3 is 0.958 bits per heavy atom. The molecule has 0 saturated carbocycles. The molecular formula is C19H17Br2Cl2P. The minimum atomic E-state index is -2.75. The second-order valence-electron chi connectivity index (χ2n) is 5.01. The quantitative estimate of drug-likeness (QED) is 0.279. The molecule has 5 heteroatoms. The number of hydrogen-bond donors (Lipinski definition) is 0. The SMILES string of the molecule is BrP(Br)(c1ccccc1)(c1ccccc1)c1ccccc1.ClCCl. The molecule has 0 amide bonds. The molecule has 0 atom stereocenters. The van der Waals surface area contributed by atoms with Crippen LogP contribution in [0.5, 0.6) is 0 Å². The normalized spacial score (nSPS) is 12.4. The Balaban J connectivity index is 0.000000647. The summed E-state index contributed by atoms with van der Waals surface area (Å²) in [5, 5.41) is 3.99. The van der Waals surface area contributed by atoms with Crippen molar-refractivity contribution in [2.45, 2.75) is 0 Å². The van der Waals surface area contributed by atoms with Crippen molar-refractivity contribution in [3.05, 3.63) is 91.0 Å². The molecule has 0 saturated heterocycles. The third-order valence-electron chi connectivity index (χ3n) is 3.63. The van der Waals surface area contributed by atoms with Crippen LogP contribution in [-0.2, 0) is 0 Å². The van der Waals surface area contributed by atoms with Gasteiger partial charge in [0, 0.05) is 0 Å². The van der Waals surface area contributed by atoms with Crippen molar-refractivity contribution < 1.29 is 0 Å². The Morgan fingerprint density at radius 1 is 0.542 bits per heavy atom. The van der Waals surface area contributed by atoms with Gasteiger partial charge < -0.3 is 0 Å².